The molecule has 7 aromatic rings. The lowest BCUT2D eigenvalue weighted by Gasteiger charge is -2.25. The molecule has 0 saturated carbocycles. The number of para-hydroxylation sites is 1. The van der Waals surface area contributed by atoms with Crippen molar-refractivity contribution in [3.05, 3.63) is 258 Å². The monoisotopic (exact) mass is 653 g/mol. The second-order valence-electron chi connectivity index (χ2n) is 12.3. The van der Waals surface area contributed by atoms with Crippen LogP contribution in [0.2, 0.25) is 0 Å². The van der Waals surface area contributed by atoms with Gasteiger partial charge in [0.25, 0.3) is 0 Å². The first-order chi connectivity index (χ1) is 25.3. The smallest absolute Gasteiger partial charge is 0.0462 e. The Morgan fingerprint density at radius 2 is 0.843 bits per heavy atom. The fraction of sp³-hybridized carbons (Fsp3) is 0.0200. The Kier molecular flexibility index (Phi) is 10.7. The molecule has 51 heavy (non-hydrogen) atoms. The average molecular weight is 654 g/mol. The third-order valence-corrected chi connectivity index (χ3v) is 8.87. The molecule has 7 rings (SSSR count). The number of allylic oxidation sites excluding steroid dienone is 3. The highest BCUT2D eigenvalue weighted by atomic mass is 15.1. The zero-order valence-corrected chi connectivity index (χ0v) is 28.5. The van der Waals surface area contributed by atoms with Crippen molar-refractivity contribution in [3.8, 4) is 0 Å². The lowest BCUT2D eigenvalue weighted by Crippen LogP contribution is -2.09. The molecule has 0 unspecified atom stereocenters. The molecule has 0 saturated heterocycles. The molecular formula is C50H39N. The van der Waals surface area contributed by atoms with Crippen LogP contribution in [0.25, 0.3) is 17.7 Å². The van der Waals surface area contributed by atoms with Gasteiger partial charge < -0.3 is 4.90 Å². The van der Waals surface area contributed by atoms with Gasteiger partial charge in [0.05, 0.1) is 0 Å². The molecule has 0 aliphatic heterocycles. The van der Waals surface area contributed by atoms with E-state index in [0.717, 1.165) is 28.2 Å². The molecular weight excluding hydrogens is 615 g/mol. The average Bonchev–Trinajstić information content (AvgIpc) is 3.21. The van der Waals surface area contributed by atoms with E-state index in [1.807, 2.05) is 0 Å². The molecule has 1 heteroatoms. The van der Waals surface area contributed by atoms with Gasteiger partial charge in [-0.1, -0.05) is 182 Å². The van der Waals surface area contributed by atoms with E-state index >= 15 is 0 Å². The van der Waals surface area contributed by atoms with Crippen LogP contribution in [0.5, 0.6) is 0 Å². The van der Waals surface area contributed by atoms with Gasteiger partial charge in [0.15, 0.2) is 0 Å². The zero-order chi connectivity index (χ0) is 34.5. The van der Waals surface area contributed by atoms with Crippen molar-refractivity contribution in [2.24, 2.45) is 0 Å². The molecule has 0 heterocycles. The summed E-state index contributed by atoms with van der Waals surface area (Å²) in [4.78, 5) is 2.29. The largest absolute Gasteiger partial charge is 0.311 e. The highest BCUT2D eigenvalue weighted by Crippen LogP contribution is 2.35. The van der Waals surface area contributed by atoms with Gasteiger partial charge >= 0.3 is 0 Å². The van der Waals surface area contributed by atoms with Gasteiger partial charge in [-0.3, -0.25) is 0 Å². The Morgan fingerprint density at radius 1 is 0.431 bits per heavy atom. The summed E-state index contributed by atoms with van der Waals surface area (Å²) in [6, 6.07) is 70.2. The number of nitrogens with zero attached hydrogens (tertiary/aromatic N) is 1. The zero-order valence-electron chi connectivity index (χ0n) is 28.5. The summed E-state index contributed by atoms with van der Waals surface area (Å²) >= 11 is 0. The third kappa shape index (κ3) is 8.50. The van der Waals surface area contributed by atoms with Crippen molar-refractivity contribution in [3.63, 3.8) is 0 Å². The number of rotatable bonds is 11. The molecule has 0 N–H and O–H groups in total. The number of benzene rings is 7. The maximum atomic E-state index is 3.49. The Bertz CT molecular complexity index is 2150. The van der Waals surface area contributed by atoms with Gasteiger partial charge in [-0.05, 0) is 87.5 Å². The van der Waals surface area contributed by atoms with E-state index in [0.29, 0.717) is 0 Å². The molecule has 0 fully saturated rings. The summed E-state index contributed by atoms with van der Waals surface area (Å²) < 4.78 is 0. The van der Waals surface area contributed by atoms with Crippen molar-refractivity contribution in [1.82, 2.24) is 0 Å². The minimum atomic E-state index is 0.139. The third-order valence-electron chi connectivity index (χ3n) is 8.87. The van der Waals surface area contributed by atoms with Gasteiger partial charge in [0, 0.05) is 23.0 Å². The molecule has 0 aliphatic rings. The molecule has 0 spiro atoms. The predicted molar refractivity (Wildman–Crippen MR) is 217 cm³/mol. The van der Waals surface area contributed by atoms with E-state index in [-0.39, 0.29) is 5.92 Å². The minimum absolute atomic E-state index is 0.139. The standard InChI is InChI=1S/C50H39N/c1-6-20-42(21-7-1)49(43-22-8-2-9-23-43)30-16-18-40-32-36-47(37-33-40)51(46-28-14-5-15-29-46)48-38-34-41(35-39-48)19-17-31-50(44-24-10-3-11-25-44)45-26-12-4-13-27-45/h1-16,18-39,50H. The highest BCUT2D eigenvalue weighted by Gasteiger charge is 2.12. The summed E-state index contributed by atoms with van der Waals surface area (Å²) in [6.07, 6.45) is 10.7. The molecule has 0 amide bonds. The molecule has 0 aromatic heterocycles. The van der Waals surface area contributed by atoms with Crippen LogP contribution in [-0.4, -0.2) is 0 Å². The Balaban J connectivity index is 1.12. The van der Waals surface area contributed by atoms with E-state index < -0.39 is 0 Å². The Hall–Kier alpha value is -6.66. The summed E-state index contributed by atoms with van der Waals surface area (Å²) in [5, 5.41) is 0. The second kappa shape index (κ2) is 16.6. The highest BCUT2D eigenvalue weighted by molar-refractivity contribution is 5.82. The maximum absolute atomic E-state index is 3.49. The lowest BCUT2D eigenvalue weighted by molar-refractivity contribution is 1.03. The van der Waals surface area contributed by atoms with Crippen LogP contribution >= 0.6 is 0 Å². The number of hydrogen-bond donors (Lipinski definition) is 0. The van der Waals surface area contributed by atoms with E-state index in [4.69, 9.17) is 0 Å². The van der Waals surface area contributed by atoms with Gasteiger partial charge in [0.1, 0.15) is 0 Å². The second-order valence-corrected chi connectivity index (χ2v) is 12.3. The molecule has 0 radical (unpaired) electrons. The van der Waals surface area contributed by atoms with Crippen molar-refractivity contribution >= 4 is 34.8 Å². The molecule has 0 atom stereocenters. The van der Waals surface area contributed by atoms with Crippen molar-refractivity contribution in [1.29, 1.82) is 0 Å². The van der Waals surface area contributed by atoms with Crippen LogP contribution in [0, 0.1) is 0 Å². The predicted octanol–water partition coefficient (Wildman–Crippen LogP) is 13.3. The Morgan fingerprint density at radius 3 is 1.33 bits per heavy atom. The van der Waals surface area contributed by atoms with E-state index in [9.17, 15) is 0 Å². The fourth-order valence-corrected chi connectivity index (χ4v) is 6.27. The van der Waals surface area contributed by atoms with Gasteiger partial charge in [-0.2, -0.15) is 0 Å². The van der Waals surface area contributed by atoms with Crippen LogP contribution < -0.4 is 4.90 Å². The summed E-state index contributed by atoms with van der Waals surface area (Å²) in [7, 11) is 0. The fourth-order valence-electron chi connectivity index (χ4n) is 6.27. The van der Waals surface area contributed by atoms with Crippen LogP contribution in [0.3, 0.4) is 0 Å². The van der Waals surface area contributed by atoms with E-state index in [1.54, 1.807) is 0 Å². The van der Waals surface area contributed by atoms with E-state index in [1.165, 1.54) is 27.8 Å². The summed E-state index contributed by atoms with van der Waals surface area (Å²) in [5.74, 6) is 0.139. The minimum Gasteiger partial charge on any atom is -0.311 e. The van der Waals surface area contributed by atoms with Crippen molar-refractivity contribution in [2.45, 2.75) is 5.92 Å². The molecule has 244 valence electrons. The first kappa shape index (κ1) is 32.9. The van der Waals surface area contributed by atoms with Crippen molar-refractivity contribution in [2.75, 3.05) is 4.90 Å². The van der Waals surface area contributed by atoms with Crippen LogP contribution in [0.4, 0.5) is 17.1 Å². The summed E-state index contributed by atoms with van der Waals surface area (Å²) in [6.45, 7) is 0. The van der Waals surface area contributed by atoms with Crippen LogP contribution in [0.1, 0.15) is 39.3 Å². The summed E-state index contributed by atoms with van der Waals surface area (Å²) in [5.41, 5.74) is 15.1. The number of hydrogen-bond acceptors (Lipinski definition) is 1. The Labute approximate surface area is 302 Å². The van der Waals surface area contributed by atoms with E-state index in [2.05, 4.69) is 241 Å². The van der Waals surface area contributed by atoms with Crippen molar-refractivity contribution < 1.29 is 0 Å². The topological polar surface area (TPSA) is 3.24 Å². The van der Waals surface area contributed by atoms with Crippen LogP contribution in [0.15, 0.2) is 224 Å². The molecule has 0 aliphatic carbocycles. The molecule has 7 aromatic carbocycles. The van der Waals surface area contributed by atoms with Gasteiger partial charge in [0.2, 0.25) is 0 Å². The lowest BCUT2D eigenvalue weighted by atomic mass is 9.91. The first-order valence-corrected chi connectivity index (χ1v) is 17.4. The maximum Gasteiger partial charge on any atom is 0.0462 e. The SMILES string of the molecule is C(=Cc1ccc(N(c2ccccc2)c2ccc(C=CC=C(c3ccccc3)c3ccccc3)cc2)cc1)=CC(c1ccccc1)c1ccccc1. The first-order valence-electron chi connectivity index (χ1n) is 17.4. The molecule has 1 nitrogen and oxygen atoms in total. The van der Waals surface area contributed by atoms with Gasteiger partial charge in [-0.15, -0.1) is 5.73 Å². The number of anilines is 3. The molecule has 0 bridgehead atoms. The normalized spacial score (nSPS) is 10.8. The van der Waals surface area contributed by atoms with Gasteiger partial charge in [-0.25, -0.2) is 0 Å². The quantitative estimate of drug-likeness (QED) is 0.0992. The van der Waals surface area contributed by atoms with Crippen LogP contribution in [-0.2, 0) is 0 Å².